The van der Waals surface area contributed by atoms with Crippen molar-refractivity contribution in [3.63, 3.8) is 0 Å². The van der Waals surface area contributed by atoms with Crippen LogP contribution in [0.1, 0.15) is 18.4 Å². The van der Waals surface area contributed by atoms with Gasteiger partial charge in [0.25, 0.3) is 0 Å². The zero-order chi connectivity index (χ0) is 13.8. The van der Waals surface area contributed by atoms with E-state index in [-0.39, 0.29) is 17.9 Å². The largest absolute Gasteiger partial charge is 0.374 e. The second-order valence-corrected chi connectivity index (χ2v) is 5.73. The molecule has 4 nitrogen and oxygen atoms in total. The quantitative estimate of drug-likeness (QED) is 0.883. The highest BCUT2D eigenvalue weighted by molar-refractivity contribution is 5.80. The van der Waals surface area contributed by atoms with Gasteiger partial charge in [0.05, 0.1) is 12.7 Å². The number of benzene rings is 1. The average molecular weight is 274 g/mol. The van der Waals surface area contributed by atoms with Crippen molar-refractivity contribution in [3.8, 4) is 0 Å². The number of amides is 1. The number of rotatable bonds is 5. The Morgan fingerprint density at radius 3 is 2.85 bits per heavy atom. The lowest BCUT2D eigenvalue weighted by Crippen LogP contribution is -2.47. The molecular formula is C16H22N2O2. The molecule has 1 heterocycles. The molecule has 1 N–H and O–H groups in total. The van der Waals surface area contributed by atoms with Crippen LogP contribution in [0.3, 0.4) is 0 Å². The summed E-state index contributed by atoms with van der Waals surface area (Å²) in [4.78, 5) is 14.0. The highest BCUT2D eigenvalue weighted by atomic mass is 16.5. The maximum Gasteiger partial charge on any atom is 0.223 e. The lowest BCUT2D eigenvalue weighted by Gasteiger charge is -2.33. The maximum atomic E-state index is 11.6. The summed E-state index contributed by atoms with van der Waals surface area (Å²) in [5.41, 5.74) is 1.33. The normalized spacial score (nSPS) is 23.5. The van der Waals surface area contributed by atoms with Crippen molar-refractivity contribution in [2.24, 2.45) is 5.92 Å². The van der Waals surface area contributed by atoms with Crippen LogP contribution in [-0.4, -0.2) is 43.2 Å². The van der Waals surface area contributed by atoms with E-state index in [0.717, 1.165) is 39.1 Å². The third kappa shape index (κ3) is 3.81. The Bertz CT molecular complexity index is 445. The van der Waals surface area contributed by atoms with E-state index in [9.17, 15) is 4.79 Å². The van der Waals surface area contributed by atoms with Crippen molar-refractivity contribution in [1.29, 1.82) is 0 Å². The Hall–Kier alpha value is -1.39. The van der Waals surface area contributed by atoms with Gasteiger partial charge in [0.2, 0.25) is 5.91 Å². The maximum absolute atomic E-state index is 11.6. The molecule has 108 valence electrons. The molecule has 1 saturated heterocycles. The van der Waals surface area contributed by atoms with Gasteiger partial charge in [0.15, 0.2) is 0 Å². The smallest absolute Gasteiger partial charge is 0.223 e. The lowest BCUT2D eigenvalue weighted by atomic mass is 10.2. The van der Waals surface area contributed by atoms with Gasteiger partial charge in [-0.05, 0) is 18.4 Å². The molecule has 0 unspecified atom stereocenters. The van der Waals surface area contributed by atoms with Gasteiger partial charge in [-0.15, -0.1) is 0 Å². The minimum Gasteiger partial charge on any atom is -0.374 e. The Kier molecular flexibility index (Phi) is 4.33. The van der Waals surface area contributed by atoms with Crippen LogP contribution in [0.15, 0.2) is 30.3 Å². The lowest BCUT2D eigenvalue weighted by molar-refractivity contribution is -0.123. The first-order valence-electron chi connectivity index (χ1n) is 7.47. The van der Waals surface area contributed by atoms with Crippen LogP contribution in [0.2, 0.25) is 0 Å². The first-order valence-corrected chi connectivity index (χ1v) is 7.47. The van der Waals surface area contributed by atoms with E-state index in [1.807, 2.05) is 6.07 Å². The molecule has 0 radical (unpaired) electrons. The molecule has 1 amide bonds. The second-order valence-electron chi connectivity index (χ2n) is 5.73. The average Bonchev–Trinajstić information content (AvgIpc) is 3.31. The van der Waals surface area contributed by atoms with E-state index in [2.05, 4.69) is 34.5 Å². The highest BCUT2D eigenvalue weighted by Gasteiger charge is 2.30. The van der Waals surface area contributed by atoms with Crippen molar-refractivity contribution in [2.45, 2.75) is 25.5 Å². The molecule has 1 aliphatic heterocycles. The first kappa shape index (κ1) is 13.6. The van der Waals surface area contributed by atoms with Crippen LogP contribution in [-0.2, 0) is 16.1 Å². The summed E-state index contributed by atoms with van der Waals surface area (Å²) in [6, 6.07) is 10.5. The van der Waals surface area contributed by atoms with E-state index in [1.165, 1.54) is 5.56 Å². The van der Waals surface area contributed by atoms with Crippen molar-refractivity contribution in [2.75, 3.05) is 26.2 Å². The molecule has 1 atom stereocenters. The van der Waals surface area contributed by atoms with Crippen molar-refractivity contribution in [3.05, 3.63) is 35.9 Å². The summed E-state index contributed by atoms with van der Waals surface area (Å²) >= 11 is 0. The number of nitrogens with zero attached hydrogens (tertiary/aromatic N) is 1. The molecule has 1 aromatic carbocycles. The second kappa shape index (κ2) is 6.37. The van der Waals surface area contributed by atoms with E-state index >= 15 is 0 Å². The third-order valence-electron chi connectivity index (χ3n) is 3.92. The molecule has 0 bridgehead atoms. The summed E-state index contributed by atoms with van der Waals surface area (Å²) in [6.07, 6.45) is 2.23. The molecule has 1 saturated carbocycles. The number of morpholine rings is 1. The number of hydrogen-bond donors (Lipinski definition) is 1. The van der Waals surface area contributed by atoms with Crippen molar-refractivity contribution >= 4 is 5.91 Å². The summed E-state index contributed by atoms with van der Waals surface area (Å²) in [5.74, 6) is 0.479. The van der Waals surface area contributed by atoms with E-state index < -0.39 is 0 Å². The van der Waals surface area contributed by atoms with Crippen molar-refractivity contribution in [1.82, 2.24) is 10.2 Å². The fourth-order valence-electron chi connectivity index (χ4n) is 2.59. The summed E-state index contributed by atoms with van der Waals surface area (Å²) in [7, 11) is 0. The fraction of sp³-hybridized carbons (Fsp3) is 0.562. The molecule has 1 aliphatic carbocycles. The molecule has 0 aromatic heterocycles. The molecular weight excluding hydrogens is 252 g/mol. The van der Waals surface area contributed by atoms with Crippen LogP contribution in [0, 0.1) is 5.92 Å². The zero-order valence-corrected chi connectivity index (χ0v) is 11.8. The predicted molar refractivity (Wildman–Crippen MR) is 77.2 cm³/mol. The van der Waals surface area contributed by atoms with Gasteiger partial charge in [-0.25, -0.2) is 0 Å². The van der Waals surface area contributed by atoms with Gasteiger partial charge in [-0.1, -0.05) is 30.3 Å². The molecule has 4 heteroatoms. The molecule has 3 rings (SSSR count). The summed E-state index contributed by atoms with van der Waals surface area (Å²) < 4.78 is 5.74. The van der Waals surface area contributed by atoms with Crippen molar-refractivity contribution < 1.29 is 9.53 Å². The monoisotopic (exact) mass is 274 g/mol. The van der Waals surface area contributed by atoms with Crippen LogP contribution in [0.25, 0.3) is 0 Å². The predicted octanol–water partition coefficient (Wildman–Crippen LogP) is 1.41. The Labute approximate surface area is 120 Å². The number of ether oxygens (including phenoxy) is 1. The molecule has 2 aliphatic rings. The van der Waals surface area contributed by atoms with E-state index in [4.69, 9.17) is 4.74 Å². The van der Waals surface area contributed by atoms with Crippen LogP contribution in [0.4, 0.5) is 0 Å². The molecule has 2 fully saturated rings. The van der Waals surface area contributed by atoms with Gasteiger partial charge in [0.1, 0.15) is 0 Å². The number of carbonyl (C=O) groups excluding carboxylic acids is 1. The Morgan fingerprint density at radius 1 is 1.30 bits per heavy atom. The minimum absolute atomic E-state index is 0.121. The van der Waals surface area contributed by atoms with Crippen LogP contribution < -0.4 is 5.32 Å². The standard InChI is InChI=1S/C16H22N2O2/c19-16(14-6-7-14)17-10-15-12-18(8-9-20-15)11-13-4-2-1-3-5-13/h1-5,14-15H,6-12H2,(H,17,19)/t15-/m1/s1. The van der Waals surface area contributed by atoms with E-state index in [0.29, 0.717) is 6.54 Å². The Balaban J connectivity index is 1.45. The topological polar surface area (TPSA) is 41.6 Å². The van der Waals surface area contributed by atoms with Gasteiger partial charge >= 0.3 is 0 Å². The SMILES string of the molecule is O=C(NC[C@@H]1CN(Cc2ccccc2)CCO1)C1CC1. The number of carbonyl (C=O) groups is 1. The van der Waals surface area contributed by atoms with E-state index in [1.54, 1.807) is 0 Å². The number of nitrogens with one attached hydrogen (secondary N) is 1. The van der Waals surface area contributed by atoms with Crippen LogP contribution >= 0.6 is 0 Å². The van der Waals surface area contributed by atoms with Gasteiger partial charge in [0, 0.05) is 32.1 Å². The zero-order valence-electron chi connectivity index (χ0n) is 11.8. The van der Waals surface area contributed by atoms with Gasteiger partial charge in [-0.2, -0.15) is 0 Å². The number of hydrogen-bond acceptors (Lipinski definition) is 3. The van der Waals surface area contributed by atoms with Crippen LogP contribution in [0.5, 0.6) is 0 Å². The minimum atomic E-state index is 0.121. The summed E-state index contributed by atoms with van der Waals surface area (Å²) in [5, 5.41) is 3.01. The molecule has 0 spiro atoms. The molecule has 1 aromatic rings. The fourth-order valence-corrected chi connectivity index (χ4v) is 2.59. The van der Waals surface area contributed by atoms with Gasteiger partial charge < -0.3 is 10.1 Å². The summed E-state index contributed by atoms with van der Waals surface area (Å²) in [6.45, 7) is 4.19. The third-order valence-corrected chi connectivity index (χ3v) is 3.92. The molecule has 20 heavy (non-hydrogen) atoms. The van der Waals surface area contributed by atoms with Gasteiger partial charge in [-0.3, -0.25) is 9.69 Å². The Morgan fingerprint density at radius 2 is 2.10 bits per heavy atom. The first-order chi connectivity index (χ1) is 9.81. The highest BCUT2D eigenvalue weighted by Crippen LogP contribution is 2.28.